The highest BCUT2D eigenvalue weighted by Crippen LogP contribution is 2.39. The SMILES string of the molecule is CCOC(=O)/C=C/c1cccc(C(C)(CCCC(C)(C)CO[Si](C)(C)C(C)(C)C)C(=O)OC(C)(C)C)c1. The van der Waals surface area contributed by atoms with Crippen LogP contribution in [-0.4, -0.2) is 39.1 Å². The van der Waals surface area contributed by atoms with Gasteiger partial charge in [0.05, 0.1) is 12.0 Å². The minimum Gasteiger partial charge on any atom is -0.463 e. The van der Waals surface area contributed by atoms with Crippen molar-refractivity contribution in [2.45, 2.75) is 118 Å². The van der Waals surface area contributed by atoms with E-state index in [-0.39, 0.29) is 22.4 Å². The molecule has 0 bridgehead atoms. The minimum atomic E-state index is -1.83. The smallest absolute Gasteiger partial charge is 0.330 e. The summed E-state index contributed by atoms with van der Waals surface area (Å²) in [7, 11) is -1.83. The van der Waals surface area contributed by atoms with Gasteiger partial charge < -0.3 is 13.9 Å². The van der Waals surface area contributed by atoms with Crippen LogP contribution in [0.2, 0.25) is 18.1 Å². The van der Waals surface area contributed by atoms with Gasteiger partial charge in [0.2, 0.25) is 0 Å². The second-order valence-electron chi connectivity index (χ2n) is 13.6. The molecule has 0 saturated carbocycles. The van der Waals surface area contributed by atoms with Gasteiger partial charge in [-0.3, -0.25) is 4.79 Å². The summed E-state index contributed by atoms with van der Waals surface area (Å²) in [6.07, 6.45) is 5.57. The minimum absolute atomic E-state index is 0.00537. The summed E-state index contributed by atoms with van der Waals surface area (Å²) >= 11 is 0. The first-order chi connectivity index (χ1) is 16.7. The number of carbonyl (C=O) groups is 2. The lowest BCUT2D eigenvalue weighted by atomic mass is 9.75. The fourth-order valence-electron chi connectivity index (χ4n) is 3.68. The first-order valence-electron chi connectivity index (χ1n) is 13.6. The lowest BCUT2D eigenvalue weighted by molar-refractivity contribution is -0.162. The van der Waals surface area contributed by atoms with E-state index < -0.39 is 19.3 Å². The van der Waals surface area contributed by atoms with Crippen molar-refractivity contribution in [1.82, 2.24) is 0 Å². The molecule has 37 heavy (non-hydrogen) atoms. The quantitative estimate of drug-likeness (QED) is 0.155. The molecule has 5 nitrogen and oxygen atoms in total. The van der Waals surface area contributed by atoms with Crippen molar-refractivity contribution in [3.8, 4) is 0 Å². The van der Waals surface area contributed by atoms with Gasteiger partial charge >= 0.3 is 11.9 Å². The molecular weight excluding hydrogens is 480 g/mol. The molecule has 0 heterocycles. The van der Waals surface area contributed by atoms with E-state index in [0.29, 0.717) is 19.6 Å². The van der Waals surface area contributed by atoms with Crippen molar-refractivity contribution >= 4 is 26.3 Å². The summed E-state index contributed by atoms with van der Waals surface area (Å²) in [6.45, 7) is 26.3. The average Bonchev–Trinajstić information content (AvgIpc) is 2.74. The molecule has 0 N–H and O–H groups in total. The van der Waals surface area contributed by atoms with Crippen LogP contribution >= 0.6 is 0 Å². The van der Waals surface area contributed by atoms with E-state index in [9.17, 15) is 9.59 Å². The molecule has 0 aromatic heterocycles. The van der Waals surface area contributed by atoms with Crippen molar-refractivity contribution in [1.29, 1.82) is 0 Å². The van der Waals surface area contributed by atoms with Gasteiger partial charge in [-0.1, -0.05) is 65.3 Å². The van der Waals surface area contributed by atoms with E-state index in [2.05, 4.69) is 47.7 Å². The number of ether oxygens (including phenoxy) is 2. The molecule has 1 aromatic rings. The molecule has 0 fully saturated rings. The Labute approximate surface area is 227 Å². The van der Waals surface area contributed by atoms with Gasteiger partial charge in [-0.2, -0.15) is 0 Å². The Morgan fingerprint density at radius 1 is 0.946 bits per heavy atom. The normalized spacial score (nSPS) is 14.9. The zero-order chi connectivity index (χ0) is 28.7. The van der Waals surface area contributed by atoms with Gasteiger partial charge in [-0.25, -0.2) is 4.79 Å². The van der Waals surface area contributed by atoms with Crippen molar-refractivity contribution in [2.24, 2.45) is 5.41 Å². The van der Waals surface area contributed by atoms with Crippen LogP contribution in [0, 0.1) is 5.41 Å². The number of benzene rings is 1. The van der Waals surface area contributed by atoms with Gasteiger partial charge in [0.25, 0.3) is 0 Å². The zero-order valence-corrected chi connectivity index (χ0v) is 26.5. The summed E-state index contributed by atoms with van der Waals surface area (Å²) in [4.78, 5) is 25.3. The van der Waals surface area contributed by atoms with Crippen LogP contribution in [-0.2, 0) is 28.9 Å². The van der Waals surface area contributed by atoms with Crippen LogP contribution in [0.25, 0.3) is 6.08 Å². The van der Waals surface area contributed by atoms with Crippen molar-refractivity contribution < 1.29 is 23.5 Å². The Hall–Kier alpha value is -1.92. The standard InChI is InChI=1S/C31H52O5Si/c1-13-34-26(32)19-18-24-16-14-17-25(22-24)31(10,27(33)36-28(2,3)4)21-15-20-30(8,9)23-35-37(11,12)29(5,6)7/h14,16-19,22H,13,15,20-21,23H2,1-12H3/b19-18+. The lowest BCUT2D eigenvalue weighted by Crippen LogP contribution is -2.43. The summed E-state index contributed by atoms with van der Waals surface area (Å²) < 4.78 is 17.4. The third-order valence-corrected chi connectivity index (χ3v) is 11.7. The first-order valence-corrected chi connectivity index (χ1v) is 16.5. The summed E-state index contributed by atoms with van der Waals surface area (Å²) in [5, 5.41) is 0.172. The molecule has 1 unspecified atom stereocenters. The molecule has 1 rings (SSSR count). The van der Waals surface area contributed by atoms with Crippen LogP contribution in [0.1, 0.15) is 99.6 Å². The molecule has 6 heteroatoms. The monoisotopic (exact) mass is 532 g/mol. The highest BCUT2D eigenvalue weighted by Gasteiger charge is 2.40. The zero-order valence-electron chi connectivity index (χ0n) is 25.5. The van der Waals surface area contributed by atoms with E-state index in [1.807, 2.05) is 52.0 Å². The first kappa shape index (κ1) is 33.1. The van der Waals surface area contributed by atoms with E-state index in [1.54, 1.807) is 13.0 Å². The largest absolute Gasteiger partial charge is 0.463 e. The maximum atomic E-state index is 13.5. The third kappa shape index (κ3) is 10.8. The van der Waals surface area contributed by atoms with Crippen LogP contribution in [0.15, 0.2) is 30.3 Å². The van der Waals surface area contributed by atoms with Crippen LogP contribution in [0.3, 0.4) is 0 Å². The van der Waals surface area contributed by atoms with E-state index in [0.717, 1.165) is 24.0 Å². The maximum Gasteiger partial charge on any atom is 0.330 e. The van der Waals surface area contributed by atoms with Crippen molar-refractivity contribution in [3.05, 3.63) is 41.5 Å². The summed E-state index contributed by atoms with van der Waals surface area (Å²) in [6, 6.07) is 7.76. The van der Waals surface area contributed by atoms with Crippen LogP contribution in [0.5, 0.6) is 0 Å². The van der Waals surface area contributed by atoms with Crippen molar-refractivity contribution in [3.63, 3.8) is 0 Å². The van der Waals surface area contributed by atoms with E-state index in [1.165, 1.54) is 6.08 Å². The van der Waals surface area contributed by atoms with Gasteiger partial charge in [0.15, 0.2) is 8.32 Å². The average molecular weight is 533 g/mol. The number of esters is 2. The summed E-state index contributed by atoms with van der Waals surface area (Å²) in [5.74, 6) is -0.619. The van der Waals surface area contributed by atoms with E-state index in [4.69, 9.17) is 13.9 Å². The number of rotatable bonds is 12. The predicted octanol–water partition coefficient (Wildman–Crippen LogP) is 8.08. The second kappa shape index (κ2) is 12.7. The Kier molecular flexibility index (Phi) is 11.4. The van der Waals surface area contributed by atoms with Crippen LogP contribution < -0.4 is 0 Å². The number of hydrogen-bond donors (Lipinski definition) is 0. The highest BCUT2D eigenvalue weighted by molar-refractivity contribution is 6.74. The molecule has 0 amide bonds. The molecule has 0 spiro atoms. The van der Waals surface area contributed by atoms with Gasteiger partial charge in [-0.15, -0.1) is 0 Å². The highest BCUT2D eigenvalue weighted by atomic mass is 28.4. The lowest BCUT2D eigenvalue weighted by Gasteiger charge is -2.39. The molecular formula is C31H52O5Si. The van der Waals surface area contributed by atoms with Gasteiger partial charge in [0, 0.05) is 12.7 Å². The molecule has 0 aliphatic carbocycles. The Morgan fingerprint density at radius 3 is 2.11 bits per heavy atom. The maximum absolute atomic E-state index is 13.5. The molecule has 0 aliphatic heterocycles. The molecule has 0 aliphatic rings. The second-order valence-corrected chi connectivity index (χ2v) is 18.4. The third-order valence-electron chi connectivity index (χ3n) is 7.23. The Balaban J connectivity index is 3.12. The van der Waals surface area contributed by atoms with E-state index >= 15 is 0 Å². The molecule has 210 valence electrons. The molecule has 0 radical (unpaired) electrons. The van der Waals surface area contributed by atoms with Crippen LogP contribution in [0.4, 0.5) is 0 Å². The Bertz CT molecular complexity index is 934. The fourth-order valence-corrected chi connectivity index (χ4v) is 4.86. The Morgan fingerprint density at radius 2 is 1.57 bits per heavy atom. The number of carbonyl (C=O) groups excluding carboxylic acids is 2. The molecule has 0 saturated heterocycles. The van der Waals surface area contributed by atoms with Crippen molar-refractivity contribution in [2.75, 3.05) is 13.2 Å². The summed E-state index contributed by atoms with van der Waals surface area (Å²) in [5.41, 5.74) is 0.300. The number of hydrogen-bond acceptors (Lipinski definition) is 5. The molecule has 1 aromatic carbocycles. The topological polar surface area (TPSA) is 61.8 Å². The van der Waals surface area contributed by atoms with Gasteiger partial charge in [-0.05, 0) is 88.2 Å². The van der Waals surface area contributed by atoms with Gasteiger partial charge in [0.1, 0.15) is 5.60 Å². The predicted molar refractivity (Wildman–Crippen MR) is 156 cm³/mol. The fraction of sp³-hybridized carbons (Fsp3) is 0.677. The molecule has 1 atom stereocenters.